The quantitative estimate of drug-likeness (QED) is 0.815. The molecule has 2 saturated heterocycles. The maximum absolute atomic E-state index is 13.4. The number of rotatable bonds is 4. The molecule has 0 spiro atoms. The molecule has 1 amide bonds. The number of amides is 1. The summed E-state index contributed by atoms with van der Waals surface area (Å²) in [6.07, 6.45) is 1.83. The summed E-state index contributed by atoms with van der Waals surface area (Å²) in [6.45, 7) is 15.3. The molecule has 3 aliphatic heterocycles. The van der Waals surface area contributed by atoms with Crippen LogP contribution < -0.4 is 10.2 Å². The van der Waals surface area contributed by atoms with Gasteiger partial charge in [0.05, 0.1) is 31.1 Å². The molecule has 1 aromatic rings. The normalized spacial score (nSPS) is 30.3. The maximum atomic E-state index is 13.4. The van der Waals surface area contributed by atoms with Gasteiger partial charge in [0.2, 0.25) is 5.91 Å². The number of nitrogens with zero attached hydrogens (tertiary/aromatic N) is 4. The molecule has 7 heteroatoms. The van der Waals surface area contributed by atoms with Gasteiger partial charge in [-0.3, -0.25) is 19.6 Å². The number of morpholine rings is 1. The third-order valence-electron chi connectivity index (χ3n) is 6.59. The summed E-state index contributed by atoms with van der Waals surface area (Å²) in [5.74, 6) is 0.180. The van der Waals surface area contributed by atoms with Gasteiger partial charge in [0, 0.05) is 62.5 Å². The van der Waals surface area contributed by atoms with Gasteiger partial charge in [-0.1, -0.05) is 13.8 Å². The van der Waals surface area contributed by atoms with Gasteiger partial charge in [-0.2, -0.15) is 0 Å². The Labute approximate surface area is 174 Å². The van der Waals surface area contributed by atoms with Crippen LogP contribution in [0, 0.1) is 0 Å². The molecule has 0 aromatic carbocycles. The largest absolute Gasteiger partial charge is 0.379 e. The Kier molecular flexibility index (Phi) is 5.93. The Morgan fingerprint density at radius 2 is 2.17 bits per heavy atom. The lowest BCUT2D eigenvalue weighted by Gasteiger charge is -2.43. The van der Waals surface area contributed by atoms with Crippen LogP contribution in [0.1, 0.15) is 33.4 Å². The zero-order valence-corrected chi connectivity index (χ0v) is 18.2. The number of anilines is 1. The van der Waals surface area contributed by atoms with Crippen molar-refractivity contribution < 1.29 is 9.53 Å². The van der Waals surface area contributed by atoms with E-state index in [1.54, 1.807) is 0 Å². The number of hydrogen-bond acceptors (Lipinski definition) is 6. The molecule has 3 aliphatic rings. The van der Waals surface area contributed by atoms with Crippen molar-refractivity contribution in [2.75, 3.05) is 57.4 Å². The van der Waals surface area contributed by atoms with Crippen molar-refractivity contribution in [3.63, 3.8) is 0 Å². The molecular formula is C22H35N5O2. The van der Waals surface area contributed by atoms with E-state index in [-0.39, 0.29) is 11.3 Å². The third kappa shape index (κ3) is 4.33. The first kappa shape index (κ1) is 20.7. The standard InChI is InChI=1S/C22H35N5O2/c1-16-11-26(18(10-24-16)12-25-8-9-29-14-17(25)2)13-20(28)27-15-22(3,4)21-19(27)6-5-7-23-21/h5-7,16-18,24H,8-15H2,1-4H3/t16-,17-,18-/m1/s1. The fourth-order valence-electron chi connectivity index (χ4n) is 4.88. The van der Waals surface area contributed by atoms with Crippen molar-refractivity contribution in [2.24, 2.45) is 0 Å². The fraction of sp³-hybridized carbons (Fsp3) is 0.727. The fourth-order valence-corrected chi connectivity index (χ4v) is 4.88. The number of carbonyl (C=O) groups excluding carboxylic acids is 1. The first-order chi connectivity index (χ1) is 13.8. The Balaban J connectivity index is 1.46. The lowest BCUT2D eigenvalue weighted by molar-refractivity contribution is -0.121. The van der Waals surface area contributed by atoms with Crippen LogP contribution in [0.15, 0.2) is 18.3 Å². The van der Waals surface area contributed by atoms with Crippen LogP contribution in [-0.2, 0) is 14.9 Å². The van der Waals surface area contributed by atoms with Crippen LogP contribution in [0.3, 0.4) is 0 Å². The summed E-state index contributed by atoms with van der Waals surface area (Å²) < 4.78 is 5.59. The van der Waals surface area contributed by atoms with Crippen molar-refractivity contribution in [1.82, 2.24) is 20.1 Å². The van der Waals surface area contributed by atoms with Crippen LogP contribution >= 0.6 is 0 Å². The number of hydrogen-bond donors (Lipinski definition) is 1. The smallest absolute Gasteiger partial charge is 0.241 e. The second-order valence-electron chi connectivity index (χ2n) is 9.55. The van der Waals surface area contributed by atoms with Gasteiger partial charge in [0.15, 0.2) is 0 Å². The first-order valence-electron chi connectivity index (χ1n) is 10.9. The number of pyridine rings is 1. The molecule has 2 fully saturated rings. The van der Waals surface area contributed by atoms with Gasteiger partial charge in [0.25, 0.3) is 0 Å². The Hall–Kier alpha value is -1.54. The van der Waals surface area contributed by atoms with Gasteiger partial charge in [-0.25, -0.2) is 0 Å². The van der Waals surface area contributed by atoms with Gasteiger partial charge < -0.3 is 15.0 Å². The van der Waals surface area contributed by atoms with Gasteiger partial charge in [-0.05, 0) is 26.0 Å². The van der Waals surface area contributed by atoms with E-state index < -0.39 is 0 Å². The third-order valence-corrected chi connectivity index (χ3v) is 6.59. The maximum Gasteiger partial charge on any atom is 0.241 e. The van der Waals surface area contributed by atoms with Crippen molar-refractivity contribution in [2.45, 2.75) is 51.2 Å². The average molecular weight is 402 g/mol. The molecule has 0 bridgehead atoms. The second-order valence-corrected chi connectivity index (χ2v) is 9.55. The average Bonchev–Trinajstić information content (AvgIpc) is 2.97. The van der Waals surface area contributed by atoms with Crippen LogP contribution in [0.2, 0.25) is 0 Å². The highest BCUT2D eigenvalue weighted by Crippen LogP contribution is 2.38. The van der Waals surface area contributed by atoms with E-state index in [0.717, 1.165) is 50.8 Å². The molecule has 0 unspecified atom stereocenters. The monoisotopic (exact) mass is 401 g/mol. The van der Waals surface area contributed by atoms with E-state index >= 15 is 0 Å². The van der Waals surface area contributed by atoms with Crippen molar-refractivity contribution >= 4 is 11.6 Å². The Morgan fingerprint density at radius 1 is 1.34 bits per heavy atom. The van der Waals surface area contributed by atoms with Crippen LogP contribution in [0.25, 0.3) is 0 Å². The predicted molar refractivity (Wildman–Crippen MR) is 114 cm³/mol. The molecule has 4 rings (SSSR count). The van der Waals surface area contributed by atoms with Crippen molar-refractivity contribution in [3.05, 3.63) is 24.0 Å². The summed E-state index contributed by atoms with van der Waals surface area (Å²) >= 11 is 0. The molecular weight excluding hydrogens is 366 g/mol. The highest BCUT2D eigenvalue weighted by atomic mass is 16.5. The second kappa shape index (κ2) is 8.30. The highest BCUT2D eigenvalue weighted by molar-refractivity contribution is 5.97. The summed E-state index contributed by atoms with van der Waals surface area (Å²) in [4.78, 5) is 24.8. The van der Waals surface area contributed by atoms with Gasteiger partial charge in [-0.15, -0.1) is 0 Å². The summed E-state index contributed by atoms with van der Waals surface area (Å²) in [5, 5.41) is 3.60. The van der Waals surface area contributed by atoms with E-state index in [4.69, 9.17) is 4.74 Å². The minimum absolute atomic E-state index is 0.106. The number of carbonyl (C=O) groups is 1. The number of nitrogens with one attached hydrogen (secondary N) is 1. The minimum atomic E-state index is -0.106. The molecule has 1 N–H and O–H groups in total. The van der Waals surface area contributed by atoms with E-state index in [2.05, 4.69) is 47.8 Å². The molecule has 0 saturated carbocycles. The number of aromatic nitrogens is 1. The minimum Gasteiger partial charge on any atom is -0.379 e. The van der Waals surface area contributed by atoms with Crippen LogP contribution in [0.5, 0.6) is 0 Å². The number of piperazine rings is 1. The van der Waals surface area contributed by atoms with Crippen LogP contribution in [-0.4, -0.2) is 91.3 Å². The zero-order chi connectivity index (χ0) is 20.6. The molecule has 7 nitrogen and oxygen atoms in total. The van der Waals surface area contributed by atoms with E-state index in [9.17, 15) is 4.79 Å². The molecule has 1 aromatic heterocycles. The topological polar surface area (TPSA) is 60.9 Å². The lowest BCUT2D eigenvalue weighted by Crippen LogP contribution is -2.62. The van der Waals surface area contributed by atoms with Gasteiger partial charge in [0.1, 0.15) is 0 Å². The van der Waals surface area contributed by atoms with Gasteiger partial charge >= 0.3 is 0 Å². The summed E-state index contributed by atoms with van der Waals surface area (Å²) in [6, 6.07) is 5.11. The van der Waals surface area contributed by atoms with E-state index in [1.165, 1.54) is 0 Å². The molecule has 0 aliphatic carbocycles. The van der Waals surface area contributed by atoms with Crippen molar-refractivity contribution in [3.8, 4) is 0 Å². The SMILES string of the molecule is C[C@@H]1CN(CC(=O)N2CC(C)(C)c3ncccc32)[C@@H](CN2CCOC[C@H]2C)CN1. The first-order valence-corrected chi connectivity index (χ1v) is 10.9. The molecule has 29 heavy (non-hydrogen) atoms. The van der Waals surface area contributed by atoms with E-state index in [0.29, 0.717) is 31.2 Å². The molecule has 160 valence electrons. The summed E-state index contributed by atoms with van der Waals surface area (Å²) in [5.41, 5.74) is 1.90. The zero-order valence-electron chi connectivity index (χ0n) is 18.2. The number of ether oxygens (including phenoxy) is 1. The highest BCUT2D eigenvalue weighted by Gasteiger charge is 2.40. The van der Waals surface area contributed by atoms with E-state index in [1.807, 2.05) is 23.2 Å². The Bertz CT molecular complexity index is 740. The molecule has 0 radical (unpaired) electrons. The van der Waals surface area contributed by atoms with Crippen molar-refractivity contribution in [1.29, 1.82) is 0 Å². The molecule has 4 heterocycles. The molecule has 3 atom stereocenters. The Morgan fingerprint density at radius 3 is 2.97 bits per heavy atom. The predicted octanol–water partition coefficient (Wildman–Crippen LogP) is 1.09. The summed E-state index contributed by atoms with van der Waals surface area (Å²) in [7, 11) is 0. The lowest BCUT2D eigenvalue weighted by atomic mass is 9.91. The number of fused-ring (bicyclic) bond motifs is 1. The van der Waals surface area contributed by atoms with Crippen LogP contribution in [0.4, 0.5) is 5.69 Å².